The molecule has 0 radical (unpaired) electrons. The predicted octanol–water partition coefficient (Wildman–Crippen LogP) is 3.49. The summed E-state index contributed by atoms with van der Waals surface area (Å²) in [6.07, 6.45) is 3.40. The van der Waals surface area contributed by atoms with E-state index in [2.05, 4.69) is 35.8 Å². The van der Waals surface area contributed by atoms with Crippen LogP contribution >= 0.6 is 11.3 Å². The molecule has 0 aliphatic carbocycles. The summed E-state index contributed by atoms with van der Waals surface area (Å²) in [5, 5.41) is 6.35. The van der Waals surface area contributed by atoms with Crippen molar-refractivity contribution < 1.29 is 9.53 Å². The molecular formula is C14H24N2O2S. The first-order valence-corrected chi connectivity index (χ1v) is 7.67. The van der Waals surface area contributed by atoms with Crippen LogP contribution in [0.15, 0.2) is 5.38 Å². The molecule has 1 rings (SSSR count). The van der Waals surface area contributed by atoms with Gasteiger partial charge in [-0.3, -0.25) is 4.79 Å². The number of aromatic nitrogens is 1. The summed E-state index contributed by atoms with van der Waals surface area (Å²) in [4.78, 5) is 15.5. The third kappa shape index (κ3) is 6.57. The highest BCUT2D eigenvalue weighted by Gasteiger charge is 2.08. The zero-order valence-corrected chi connectivity index (χ0v) is 13.0. The van der Waals surface area contributed by atoms with Crippen molar-refractivity contribution >= 4 is 22.4 Å². The molecule has 19 heavy (non-hydrogen) atoms. The molecule has 5 heteroatoms. The molecule has 0 aliphatic rings. The largest absolute Gasteiger partial charge is 0.469 e. The van der Waals surface area contributed by atoms with Crippen molar-refractivity contribution in [2.24, 2.45) is 5.92 Å². The van der Waals surface area contributed by atoms with Crippen LogP contribution in [0.3, 0.4) is 0 Å². The smallest absolute Gasteiger partial charge is 0.305 e. The van der Waals surface area contributed by atoms with Gasteiger partial charge in [-0.1, -0.05) is 13.8 Å². The Morgan fingerprint density at radius 2 is 2.16 bits per heavy atom. The second-order valence-corrected chi connectivity index (χ2v) is 6.09. The first-order valence-electron chi connectivity index (χ1n) is 6.79. The predicted molar refractivity (Wildman–Crippen MR) is 79.6 cm³/mol. The number of ether oxygens (including phenoxy) is 1. The van der Waals surface area contributed by atoms with Crippen LogP contribution in [0.2, 0.25) is 0 Å². The van der Waals surface area contributed by atoms with Crippen LogP contribution in [0.1, 0.15) is 45.7 Å². The van der Waals surface area contributed by atoms with Gasteiger partial charge >= 0.3 is 5.97 Å². The summed E-state index contributed by atoms with van der Waals surface area (Å²) in [5.74, 6) is 0.545. The van der Waals surface area contributed by atoms with E-state index < -0.39 is 0 Å². The van der Waals surface area contributed by atoms with Gasteiger partial charge in [-0.15, -0.1) is 11.3 Å². The highest BCUT2D eigenvalue weighted by atomic mass is 32.1. The molecule has 0 saturated carbocycles. The van der Waals surface area contributed by atoms with Crippen LogP contribution in [-0.2, 0) is 16.0 Å². The van der Waals surface area contributed by atoms with Crippen molar-refractivity contribution in [3.8, 4) is 0 Å². The van der Waals surface area contributed by atoms with Crippen molar-refractivity contribution in [3.63, 3.8) is 0 Å². The van der Waals surface area contributed by atoms with Gasteiger partial charge in [-0.05, 0) is 25.7 Å². The maximum Gasteiger partial charge on any atom is 0.305 e. The number of hydrogen-bond acceptors (Lipinski definition) is 5. The lowest BCUT2D eigenvalue weighted by Gasteiger charge is -2.13. The second-order valence-electron chi connectivity index (χ2n) is 5.24. The zero-order chi connectivity index (χ0) is 14.3. The summed E-state index contributed by atoms with van der Waals surface area (Å²) in [6, 6.07) is 0.432. The van der Waals surface area contributed by atoms with Gasteiger partial charge in [-0.2, -0.15) is 0 Å². The van der Waals surface area contributed by atoms with Crippen LogP contribution in [0.25, 0.3) is 0 Å². The summed E-state index contributed by atoms with van der Waals surface area (Å²) in [7, 11) is 1.41. The fourth-order valence-electron chi connectivity index (χ4n) is 1.69. The molecule has 1 heterocycles. The lowest BCUT2D eigenvalue weighted by Crippen LogP contribution is -2.15. The molecule has 0 fully saturated rings. The van der Waals surface area contributed by atoms with Crippen LogP contribution in [0, 0.1) is 5.92 Å². The molecule has 1 unspecified atom stereocenters. The van der Waals surface area contributed by atoms with Crippen molar-refractivity contribution in [2.75, 3.05) is 12.4 Å². The Labute approximate surface area is 119 Å². The highest BCUT2D eigenvalue weighted by molar-refractivity contribution is 7.13. The van der Waals surface area contributed by atoms with E-state index in [1.54, 1.807) is 11.3 Å². The Hall–Kier alpha value is -1.10. The van der Waals surface area contributed by atoms with E-state index in [1.807, 2.05) is 5.38 Å². The van der Waals surface area contributed by atoms with Crippen molar-refractivity contribution in [2.45, 2.75) is 52.5 Å². The van der Waals surface area contributed by atoms with Gasteiger partial charge in [-0.25, -0.2) is 4.98 Å². The molecule has 0 aromatic carbocycles. The van der Waals surface area contributed by atoms with E-state index in [9.17, 15) is 4.79 Å². The number of nitrogens with one attached hydrogen (secondary N) is 1. The van der Waals surface area contributed by atoms with Gasteiger partial charge in [0.15, 0.2) is 5.13 Å². The first kappa shape index (κ1) is 16.0. The Morgan fingerprint density at radius 1 is 1.42 bits per heavy atom. The summed E-state index contributed by atoms with van der Waals surface area (Å²) >= 11 is 1.60. The van der Waals surface area contributed by atoms with Gasteiger partial charge in [0, 0.05) is 17.8 Å². The molecule has 0 bridgehead atoms. The van der Waals surface area contributed by atoms with E-state index >= 15 is 0 Å². The maximum absolute atomic E-state index is 11.1. The van der Waals surface area contributed by atoms with Gasteiger partial charge in [0.1, 0.15) is 0 Å². The summed E-state index contributed by atoms with van der Waals surface area (Å²) < 4.78 is 4.62. The number of carbonyl (C=O) groups is 1. The minimum atomic E-state index is -0.187. The van der Waals surface area contributed by atoms with Crippen LogP contribution in [0.4, 0.5) is 5.13 Å². The minimum absolute atomic E-state index is 0.187. The average Bonchev–Trinajstić information content (AvgIpc) is 2.81. The van der Waals surface area contributed by atoms with Gasteiger partial charge < -0.3 is 10.1 Å². The van der Waals surface area contributed by atoms with E-state index in [1.165, 1.54) is 13.5 Å². The van der Waals surface area contributed by atoms with Crippen LogP contribution in [0.5, 0.6) is 0 Å². The normalized spacial score (nSPS) is 12.5. The fourth-order valence-corrected chi connectivity index (χ4v) is 2.54. The lowest BCUT2D eigenvalue weighted by atomic mass is 10.0. The van der Waals surface area contributed by atoms with Crippen molar-refractivity contribution in [3.05, 3.63) is 11.1 Å². The molecule has 1 aromatic rings. The molecule has 1 aromatic heterocycles. The molecule has 108 valence electrons. The van der Waals surface area contributed by atoms with Crippen LogP contribution in [-0.4, -0.2) is 24.1 Å². The fraction of sp³-hybridized carbons (Fsp3) is 0.714. The molecule has 0 amide bonds. The summed E-state index contributed by atoms with van der Waals surface area (Å²) in [6.45, 7) is 6.65. The second kappa shape index (κ2) is 8.15. The number of nitrogens with zero attached hydrogens (tertiary/aromatic N) is 1. The molecular weight excluding hydrogens is 260 g/mol. The zero-order valence-electron chi connectivity index (χ0n) is 12.2. The summed E-state index contributed by atoms with van der Waals surface area (Å²) in [5.41, 5.74) is 0.953. The average molecular weight is 284 g/mol. The van der Waals surface area contributed by atoms with E-state index in [0.717, 1.165) is 23.2 Å². The number of aryl methyl sites for hydroxylation is 1. The Bertz CT molecular complexity index is 391. The van der Waals surface area contributed by atoms with E-state index in [-0.39, 0.29) is 5.97 Å². The quantitative estimate of drug-likeness (QED) is 0.742. The molecule has 1 N–H and O–H groups in total. The minimum Gasteiger partial charge on any atom is -0.469 e. The Balaban J connectivity index is 2.35. The number of esters is 1. The van der Waals surface area contributed by atoms with E-state index in [4.69, 9.17) is 0 Å². The standard InChI is InChI=1S/C14H24N2O2S/c1-10(2)5-6-11(3)15-14-16-12(9-19-14)7-8-13(17)18-4/h9-11H,5-8H2,1-4H3,(H,15,16). The molecule has 0 aliphatic heterocycles. The number of anilines is 1. The SMILES string of the molecule is COC(=O)CCc1csc(NC(C)CCC(C)C)n1. The lowest BCUT2D eigenvalue weighted by molar-refractivity contribution is -0.140. The molecule has 1 atom stereocenters. The van der Waals surface area contributed by atoms with Crippen LogP contribution < -0.4 is 5.32 Å². The first-order chi connectivity index (χ1) is 9.01. The van der Waals surface area contributed by atoms with Gasteiger partial charge in [0.2, 0.25) is 0 Å². The third-order valence-electron chi connectivity index (χ3n) is 2.91. The number of carbonyl (C=O) groups excluding carboxylic acids is 1. The van der Waals surface area contributed by atoms with Gasteiger partial charge in [0.05, 0.1) is 19.2 Å². The number of thiazole rings is 1. The molecule has 0 spiro atoms. The van der Waals surface area contributed by atoms with E-state index in [0.29, 0.717) is 18.9 Å². The number of hydrogen-bond donors (Lipinski definition) is 1. The molecule has 4 nitrogen and oxygen atoms in total. The Morgan fingerprint density at radius 3 is 2.79 bits per heavy atom. The highest BCUT2D eigenvalue weighted by Crippen LogP contribution is 2.19. The topological polar surface area (TPSA) is 51.2 Å². The number of rotatable bonds is 8. The van der Waals surface area contributed by atoms with Crippen molar-refractivity contribution in [1.29, 1.82) is 0 Å². The third-order valence-corrected chi connectivity index (χ3v) is 3.73. The van der Waals surface area contributed by atoms with Gasteiger partial charge in [0.25, 0.3) is 0 Å². The number of methoxy groups -OCH3 is 1. The van der Waals surface area contributed by atoms with Crippen molar-refractivity contribution in [1.82, 2.24) is 4.98 Å². The molecule has 0 saturated heterocycles. The monoisotopic (exact) mass is 284 g/mol. The Kier molecular flexibility index (Phi) is 6.84. The maximum atomic E-state index is 11.1.